The minimum Gasteiger partial charge on any atom is -0.369 e. The van der Waals surface area contributed by atoms with Crippen molar-refractivity contribution in [1.82, 2.24) is 10.4 Å². The van der Waals surface area contributed by atoms with Crippen LogP contribution in [0, 0.1) is 0 Å². The second-order valence-electron chi connectivity index (χ2n) is 1.85. The lowest BCUT2D eigenvalue weighted by Crippen LogP contribution is -2.36. The third-order valence-corrected chi connectivity index (χ3v) is 1.04. The molecule has 0 atom stereocenters. The van der Waals surface area contributed by atoms with Gasteiger partial charge in [0.2, 0.25) is 5.96 Å². The van der Waals surface area contributed by atoms with E-state index in [1.54, 1.807) is 24.5 Å². The van der Waals surface area contributed by atoms with Crippen LogP contribution in [-0.2, 0) is 0 Å². The third-order valence-electron chi connectivity index (χ3n) is 1.04. The van der Waals surface area contributed by atoms with Crippen LogP contribution in [-0.4, -0.2) is 10.9 Å². The molecule has 5 N–H and O–H groups in total. The average molecular weight is 151 g/mol. The molecule has 1 aromatic heterocycles. The highest BCUT2D eigenvalue weighted by molar-refractivity contribution is 5.80. The van der Waals surface area contributed by atoms with Gasteiger partial charge in [0.15, 0.2) is 0 Å². The number of hydrogen-bond donors (Lipinski definition) is 3. The zero-order valence-electron chi connectivity index (χ0n) is 5.86. The Kier molecular flexibility index (Phi) is 2.40. The first-order valence-electron chi connectivity index (χ1n) is 3.03. The normalized spacial score (nSPS) is 11.2. The molecule has 0 saturated heterocycles. The van der Waals surface area contributed by atoms with Crippen LogP contribution in [0.4, 0.5) is 5.69 Å². The van der Waals surface area contributed by atoms with Gasteiger partial charge in [-0.3, -0.25) is 10.4 Å². The Morgan fingerprint density at radius 3 is 3.00 bits per heavy atom. The lowest BCUT2D eigenvalue weighted by atomic mass is 10.4. The molecule has 0 aliphatic rings. The second-order valence-corrected chi connectivity index (χ2v) is 1.85. The minimum atomic E-state index is 0.165. The summed E-state index contributed by atoms with van der Waals surface area (Å²) in [6, 6.07) is 3.54. The molecule has 0 fully saturated rings. The van der Waals surface area contributed by atoms with Crippen molar-refractivity contribution in [1.29, 1.82) is 0 Å². The molecule has 11 heavy (non-hydrogen) atoms. The van der Waals surface area contributed by atoms with Gasteiger partial charge in [0.05, 0.1) is 11.9 Å². The summed E-state index contributed by atoms with van der Waals surface area (Å²) in [5, 5.41) is 0. The molecule has 0 bridgehead atoms. The van der Waals surface area contributed by atoms with Crippen molar-refractivity contribution in [3.63, 3.8) is 0 Å². The van der Waals surface area contributed by atoms with Gasteiger partial charge in [0.25, 0.3) is 0 Å². The summed E-state index contributed by atoms with van der Waals surface area (Å²) < 4.78 is 0. The summed E-state index contributed by atoms with van der Waals surface area (Å²) >= 11 is 0. The Balaban J connectivity index is 2.79. The van der Waals surface area contributed by atoms with E-state index in [-0.39, 0.29) is 5.96 Å². The van der Waals surface area contributed by atoms with E-state index >= 15 is 0 Å². The van der Waals surface area contributed by atoms with Crippen molar-refractivity contribution in [2.45, 2.75) is 0 Å². The molecule has 0 saturated carbocycles. The Hall–Kier alpha value is -1.62. The number of nitrogens with two attached hydrogens (primary N) is 2. The number of rotatable bonds is 1. The molecule has 5 heteroatoms. The number of hydrogen-bond acceptors (Lipinski definition) is 3. The zero-order valence-corrected chi connectivity index (χ0v) is 5.86. The first-order valence-corrected chi connectivity index (χ1v) is 3.03. The van der Waals surface area contributed by atoms with E-state index in [4.69, 9.17) is 11.6 Å². The molecule has 1 rings (SSSR count). The summed E-state index contributed by atoms with van der Waals surface area (Å²) in [4.78, 5) is 7.71. The van der Waals surface area contributed by atoms with E-state index in [1.807, 2.05) is 0 Å². The standard InChI is InChI=1S/C6H9N5/c7-6(11-8)10-5-2-1-3-9-4-5/h1-4H,8H2,(H3,7,10,11). The Morgan fingerprint density at radius 1 is 1.64 bits per heavy atom. The topological polar surface area (TPSA) is 89.3 Å². The van der Waals surface area contributed by atoms with Crippen LogP contribution >= 0.6 is 0 Å². The molecule has 0 amide bonds. The molecule has 0 radical (unpaired) electrons. The molecule has 0 aliphatic carbocycles. The molecule has 0 aliphatic heterocycles. The Bertz CT molecular complexity index is 242. The van der Waals surface area contributed by atoms with Crippen molar-refractivity contribution in [3.05, 3.63) is 24.5 Å². The summed E-state index contributed by atoms with van der Waals surface area (Å²) in [6.07, 6.45) is 3.25. The molecule has 0 unspecified atom stereocenters. The third kappa shape index (κ3) is 2.23. The van der Waals surface area contributed by atoms with Gasteiger partial charge in [-0.25, -0.2) is 10.8 Å². The van der Waals surface area contributed by atoms with Gasteiger partial charge in [0, 0.05) is 6.20 Å². The van der Waals surface area contributed by atoms with Crippen LogP contribution in [0.2, 0.25) is 0 Å². The monoisotopic (exact) mass is 151 g/mol. The minimum absolute atomic E-state index is 0.165. The number of aliphatic imine (C=N–C) groups is 1. The maximum Gasteiger partial charge on any atom is 0.208 e. The highest BCUT2D eigenvalue weighted by Gasteiger charge is 1.87. The predicted octanol–water partition coefficient (Wildman–Crippen LogP) is -0.509. The smallest absolute Gasteiger partial charge is 0.208 e. The highest BCUT2D eigenvalue weighted by Crippen LogP contribution is 2.05. The van der Waals surface area contributed by atoms with Crippen molar-refractivity contribution in [2.75, 3.05) is 0 Å². The van der Waals surface area contributed by atoms with E-state index in [1.165, 1.54) is 0 Å². The summed E-state index contributed by atoms with van der Waals surface area (Å²) in [7, 11) is 0. The van der Waals surface area contributed by atoms with Gasteiger partial charge < -0.3 is 5.73 Å². The van der Waals surface area contributed by atoms with Crippen molar-refractivity contribution in [2.24, 2.45) is 16.6 Å². The summed E-state index contributed by atoms with van der Waals surface area (Å²) in [6.45, 7) is 0. The summed E-state index contributed by atoms with van der Waals surface area (Å²) in [5.74, 6) is 5.16. The Morgan fingerprint density at radius 2 is 2.45 bits per heavy atom. The van der Waals surface area contributed by atoms with Crippen LogP contribution < -0.4 is 17.0 Å². The van der Waals surface area contributed by atoms with Crippen molar-refractivity contribution >= 4 is 11.6 Å². The van der Waals surface area contributed by atoms with Gasteiger partial charge in [-0.05, 0) is 12.1 Å². The molecular weight excluding hydrogens is 142 g/mol. The lowest BCUT2D eigenvalue weighted by Gasteiger charge is -1.96. The van der Waals surface area contributed by atoms with Crippen LogP contribution in [0.5, 0.6) is 0 Å². The SMILES string of the molecule is NNC(N)=Nc1cccnc1. The fourth-order valence-corrected chi connectivity index (χ4v) is 0.591. The average Bonchev–Trinajstić information content (AvgIpc) is 2.06. The van der Waals surface area contributed by atoms with Crippen LogP contribution in [0.25, 0.3) is 0 Å². The maximum atomic E-state index is 5.29. The lowest BCUT2D eigenvalue weighted by molar-refractivity contribution is 1.01. The molecule has 1 aromatic rings. The summed E-state index contributed by atoms with van der Waals surface area (Å²) in [5.41, 5.74) is 8.17. The van der Waals surface area contributed by atoms with E-state index in [0.717, 1.165) is 0 Å². The van der Waals surface area contributed by atoms with E-state index in [9.17, 15) is 0 Å². The highest BCUT2D eigenvalue weighted by atomic mass is 15.3. The first kappa shape index (κ1) is 7.49. The molecule has 0 aromatic carbocycles. The molecule has 58 valence electrons. The van der Waals surface area contributed by atoms with E-state index in [2.05, 4.69) is 15.4 Å². The van der Waals surface area contributed by atoms with Crippen molar-refractivity contribution in [3.8, 4) is 0 Å². The fraction of sp³-hybridized carbons (Fsp3) is 0. The Labute approximate surface area is 64.1 Å². The fourth-order valence-electron chi connectivity index (χ4n) is 0.591. The van der Waals surface area contributed by atoms with Gasteiger partial charge in [-0.1, -0.05) is 0 Å². The van der Waals surface area contributed by atoms with Gasteiger partial charge in [-0.15, -0.1) is 0 Å². The second kappa shape index (κ2) is 3.52. The number of pyridine rings is 1. The van der Waals surface area contributed by atoms with E-state index in [0.29, 0.717) is 5.69 Å². The van der Waals surface area contributed by atoms with Crippen LogP contribution in [0.3, 0.4) is 0 Å². The van der Waals surface area contributed by atoms with Gasteiger partial charge >= 0.3 is 0 Å². The number of guanidine groups is 1. The van der Waals surface area contributed by atoms with Gasteiger partial charge in [0.1, 0.15) is 0 Å². The molecule has 5 nitrogen and oxygen atoms in total. The maximum absolute atomic E-state index is 5.29. The van der Waals surface area contributed by atoms with Crippen molar-refractivity contribution < 1.29 is 0 Å². The van der Waals surface area contributed by atoms with Gasteiger partial charge in [-0.2, -0.15) is 0 Å². The van der Waals surface area contributed by atoms with Crippen LogP contribution in [0.15, 0.2) is 29.5 Å². The molecule has 0 spiro atoms. The number of nitrogens with one attached hydrogen (secondary N) is 1. The molecule has 1 heterocycles. The number of hydrazine groups is 1. The number of nitrogens with zero attached hydrogens (tertiary/aromatic N) is 2. The number of aromatic nitrogens is 1. The van der Waals surface area contributed by atoms with Crippen LogP contribution in [0.1, 0.15) is 0 Å². The predicted molar refractivity (Wildman–Crippen MR) is 42.8 cm³/mol. The largest absolute Gasteiger partial charge is 0.369 e. The molecular formula is C6H9N5. The van der Waals surface area contributed by atoms with E-state index < -0.39 is 0 Å². The quantitative estimate of drug-likeness (QED) is 0.218. The first-order chi connectivity index (χ1) is 5.33. The zero-order chi connectivity index (χ0) is 8.10.